The van der Waals surface area contributed by atoms with Crippen LogP contribution in [0.1, 0.15) is 0 Å². The van der Waals surface area contributed by atoms with Crippen molar-refractivity contribution in [3.8, 4) is 0 Å². The van der Waals surface area contributed by atoms with Crippen molar-refractivity contribution < 1.29 is 9.53 Å². The Morgan fingerprint density at radius 2 is 2.00 bits per heavy atom. The summed E-state index contributed by atoms with van der Waals surface area (Å²) in [6, 6.07) is 2.99. The molecule has 0 radical (unpaired) electrons. The highest BCUT2D eigenvalue weighted by atomic mass is 35.5. The third kappa shape index (κ3) is 5.94. The van der Waals surface area contributed by atoms with Gasteiger partial charge in [0.05, 0.1) is 33.1 Å². The quantitative estimate of drug-likeness (QED) is 0.372. The van der Waals surface area contributed by atoms with E-state index in [2.05, 4.69) is 20.8 Å². The molecule has 0 saturated heterocycles. The predicted molar refractivity (Wildman–Crippen MR) is 101 cm³/mol. The normalized spacial score (nSPS) is 10.7. The second kappa shape index (κ2) is 9.65. The lowest BCUT2D eigenvalue weighted by Crippen LogP contribution is -2.14. The van der Waals surface area contributed by atoms with Crippen LogP contribution in [0.15, 0.2) is 16.5 Å². The number of amides is 1. The monoisotopic (exact) mass is 426 g/mol. The van der Waals surface area contributed by atoms with E-state index < -0.39 is 0 Å². The predicted octanol–water partition coefficient (Wildman–Crippen LogP) is 4.29. The first-order chi connectivity index (χ1) is 11.5. The number of hydrogen-bond donors (Lipinski definition) is 2. The van der Waals surface area contributed by atoms with Crippen molar-refractivity contribution in [2.75, 3.05) is 36.6 Å². The van der Waals surface area contributed by atoms with Crippen LogP contribution in [0.3, 0.4) is 0 Å². The number of thioether (sulfide) groups is 1. The molecule has 1 aromatic carbocycles. The van der Waals surface area contributed by atoms with Crippen molar-refractivity contribution in [1.82, 2.24) is 10.2 Å². The van der Waals surface area contributed by atoms with Crippen molar-refractivity contribution in [3.63, 3.8) is 0 Å². The van der Waals surface area contributed by atoms with Crippen molar-refractivity contribution in [2.24, 2.45) is 0 Å². The van der Waals surface area contributed by atoms with E-state index in [0.29, 0.717) is 43.4 Å². The SMILES string of the molecule is COCCNc1nnc(SCC(=O)Nc2cc(Cl)c(Cl)cc2Cl)s1. The van der Waals surface area contributed by atoms with Gasteiger partial charge in [0.15, 0.2) is 4.34 Å². The first-order valence-electron chi connectivity index (χ1n) is 6.63. The number of ether oxygens (including phenoxy) is 1. The van der Waals surface area contributed by atoms with Crippen molar-refractivity contribution in [2.45, 2.75) is 4.34 Å². The maximum Gasteiger partial charge on any atom is 0.234 e. The molecule has 6 nitrogen and oxygen atoms in total. The highest BCUT2D eigenvalue weighted by Crippen LogP contribution is 2.32. The number of benzene rings is 1. The van der Waals surface area contributed by atoms with Gasteiger partial charge in [-0.3, -0.25) is 4.79 Å². The van der Waals surface area contributed by atoms with E-state index in [1.807, 2.05) is 0 Å². The summed E-state index contributed by atoms with van der Waals surface area (Å²) >= 11 is 20.4. The lowest BCUT2D eigenvalue weighted by molar-refractivity contribution is -0.113. The molecule has 0 atom stereocenters. The summed E-state index contributed by atoms with van der Waals surface area (Å²) in [6.45, 7) is 1.22. The minimum absolute atomic E-state index is 0.170. The minimum Gasteiger partial charge on any atom is -0.383 e. The molecule has 0 unspecified atom stereocenters. The largest absolute Gasteiger partial charge is 0.383 e. The number of carbonyl (C=O) groups is 1. The molecule has 130 valence electrons. The molecular weight excluding hydrogens is 415 g/mol. The molecule has 24 heavy (non-hydrogen) atoms. The van der Waals surface area contributed by atoms with Crippen LogP contribution >= 0.6 is 57.9 Å². The number of hydrogen-bond acceptors (Lipinski definition) is 7. The molecule has 0 aliphatic carbocycles. The fourth-order valence-corrected chi connectivity index (χ4v) is 3.70. The zero-order chi connectivity index (χ0) is 17.5. The molecule has 0 aliphatic heterocycles. The van der Waals surface area contributed by atoms with Crippen LogP contribution in [0.4, 0.5) is 10.8 Å². The molecule has 2 N–H and O–H groups in total. The van der Waals surface area contributed by atoms with E-state index in [1.165, 1.54) is 35.2 Å². The topological polar surface area (TPSA) is 76.1 Å². The Morgan fingerprint density at radius 1 is 1.25 bits per heavy atom. The molecule has 0 fully saturated rings. The fourth-order valence-electron chi connectivity index (χ4n) is 1.53. The number of aromatic nitrogens is 2. The van der Waals surface area contributed by atoms with Crippen LogP contribution < -0.4 is 10.6 Å². The molecule has 0 saturated carbocycles. The Bertz CT molecular complexity index is 715. The van der Waals surface area contributed by atoms with Gasteiger partial charge in [-0.25, -0.2) is 0 Å². The van der Waals surface area contributed by atoms with Crippen molar-refractivity contribution in [3.05, 3.63) is 27.2 Å². The zero-order valence-electron chi connectivity index (χ0n) is 12.4. The minimum atomic E-state index is -0.232. The van der Waals surface area contributed by atoms with Gasteiger partial charge in [-0.2, -0.15) is 0 Å². The van der Waals surface area contributed by atoms with Crippen LogP contribution in [-0.4, -0.2) is 42.1 Å². The molecule has 0 aliphatic rings. The Hall–Kier alpha value is -0.770. The summed E-state index contributed by atoms with van der Waals surface area (Å²) in [6.07, 6.45) is 0. The number of methoxy groups -OCH3 is 1. The smallest absolute Gasteiger partial charge is 0.234 e. The second-order valence-electron chi connectivity index (χ2n) is 4.38. The lowest BCUT2D eigenvalue weighted by atomic mass is 10.3. The first-order valence-corrected chi connectivity index (χ1v) is 9.56. The van der Waals surface area contributed by atoms with E-state index in [9.17, 15) is 4.79 Å². The first kappa shape index (κ1) is 19.6. The van der Waals surface area contributed by atoms with E-state index in [4.69, 9.17) is 39.5 Å². The number of halogens is 3. The molecular formula is C13H13Cl3N4O2S2. The third-order valence-electron chi connectivity index (χ3n) is 2.60. The summed E-state index contributed by atoms with van der Waals surface area (Å²) in [5.41, 5.74) is 0.413. The maximum absolute atomic E-state index is 12.0. The van der Waals surface area contributed by atoms with Gasteiger partial charge in [0.1, 0.15) is 0 Å². The molecule has 2 rings (SSSR count). The average molecular weight is 428 g/mol. The summed E-state index contributed by atoms with van der Waals surface area (Å²) in [5.74, 6) is -0.0621. The van der Waals surface area contributed by atoms with Crippen molar-refractivity contribution in [1.29, 1.82) is 0 Å². The van der Waals surface area contributed by atoms with E-state index in [-0.39, 0.29) is 11.7 Å². The van der Waals surface area contributed by atoms with E-state index in [0.717, 1.165) is 0 Å². The molecule has 1 heterocycles. The molecule has 0 bridgehead atoms. The van der Waals surface area contributed by atoms with Crippen LogP contribution in [0.2, 0.25) is 15.1 Å². The molecule has 1 amide bonds. The van der Waals surface area contributed by atoms with E-state index >= 15 is 0 Å². The summed E-state index contributed by atoms with van der Waals surface area (Å²) in [4.78, 5) is 12.0. The standard InChI is InChI=1S/C13H13Cl3N4O2S2/c1-22-3-2-17-12-19-20-13(24-12)23-6-11(21)18-10-5-8(15)7(14)4-9(10)16/h4-5H,2-3,6H2,1H3,(H,17,19)(H,18,21). The number of nitrogens with zero attached hydrogens (tertiary/aromatic N) is 2. The van der Waals surface area contributed by atoms with Gasteiger partial charge in [0.25, 0.3) is 0 Å². The highest BCUT2D eigenvalue weighted by Gasteiger charge is 2.11. The van der Waals surface area contributed by atoms with Crippen LogP contribution in [-0.2, 0) is 9.53 Å². The maximum atomic E-state index is 12.0. The number of anilines is 2. The molecule has 2 aromatic rings. The van der Waals surface area contributed by atoms with Gasteiger partial charge in [0.2, 0.25) is 11.0 Å². The van der Waals surface area contributed by atoms with Crippen LogP contribution in [0, 0.1) is 0 Å². The van der Waals surface area contributed by atoms with Crippen molar-refractivity contribution >= 4 is 74.6 Å². The molecule has 1 aromatic heterocycles. The van der Waals surface area contributed by atoms with Gasteiger partial charge < -0.3 is 15.4 Å². The summed E-state index contributed by atoms with van der Waals surface area (Å²) < 4.78 is 5.62. The zero-order valence-corrected chi connectivity index (χ0v) is 16.3. The Kier molecular flexibility index (Phi) is 7.86. The van der Waals surface area contributed by atoms with Gasteiger partial charge in [-0.1, -0.05) is 57.9 Å². The Balaban J connectivity index is 1.84. The van der Waals surface area contributed by atoms with Gasteiger partial charge >= 0.3 is 0 Å². The fraction of sp³-hybridized carbons (Fsp3) is 0.308. The molecule has 0 spiro atoms. The number of rotatable bonds is 8. The Morgan fingerprint density at radius 3 is 2.75 bits per heavy atom. The highest BCUT2D eigenvalue weighted by molar-refractivity contribution is 8.01. The van der Waals surface area contributed by atoms with Gasteiger partial charge in [-0.05, 0) is 12.1 Å². The Labute approximate surface area is 162 Å². The number of nitrogens with one attached hydrogen (secondary N) is 2. The second-order valence-corrected chi connectivity index (χ2v) is 7.80. The van der Waals surface area contributed by atoms with Gasteiger partial charge in [0, 0.05) is 13.7 Å². The van der Waals surface area contributed by atoms with Gasteiger partial charge in [-0.15, -0.1) is 10.2 Å². The summed E-state index contributed by atoms with van der Waals surface area (Å²) in [7, 11) is 1.63. The van der Waals surface area contributed by atoms with Crippen LogP contribution in [0.25, 0.3) is 0 Å². The number of carbonyl (C=O) groups excluding carboxylic acids is 1. The molecule has 11 heteroatoms. The average Bonchev–Trinajstić information content (AvgIpc) is 2.99. The van der Waals surface area contributed by atoms with Crippen LogP contribution in [0.5, 0.6) is 0 Å². The lowest BCUT2D eigenvalue weighted by Gasteiger charge is -2.08. The third-order valence-corrected chi connectivity index (χ3v) is 5.65. The van der Waals surface area contributed by atoms with E-state index in [1.54, 1.807) is 7.11 Å². The summed E-state index contributed by atoms with van der Waals surface area (Å²) in [5, 5.41) is 15.4.